The molecule has 1 aromatic heterocycles. The summed E-state index contributed by atoms with van der Waals surface area (Å²) in [4.78, 5) is 21.3. The summed E-state index contributed by atoms with van der Waals surface area (Å²) >= 11 is 6.04. The van der Waals surface area contributed by atoms with Crippen LogP contribution in [0.25, 0.3) is 0 Å². The maximum Gasteiger partial charge on any atom is 0.241 e. The first kappa shape index (κ1) is 18.8. The Labute approximate surface area is 160 Å². The molecule has 0 radical (unpaired) electrons. The Kier molecular flexibility index (Phi) is 6.25. The van der Waals surface area contributed by atoms with Crippen LogP contribution in [-0.4, -0.2) is 52.9 Å². The number of rotatable bonds is 5. The Hall–Kier alpha value is -1.95. The van der Waals surface area contributed by atoms with Crippen LogP contribution in [0.1, 0.15) is 18.1 Å². The van der Waals surface area contributed by atoms with Gasteiger partial charge in [-0.15, -0.1) is 0 Å². The normalized spacial score (nSPS) is 17.0. The minimum absolute atomic E-state index is 0.0120. The zero-order chi connectivity index (χ0) is 18.5. The van der Waals surface area contributed by atoms with Crippen LogP contribution in [-0.2, 0) is 11.3 Å². The van der Waals surface area contributed by atoms with Crippen molar-refractivity contribution >= 4 is 23.2 Å². The summed E-state index contributed by atoms with van der Waals surface area (Å²) in [5.41, 5.74) is 3.07. The highest BCUT2D eigenvalue weighted by Crippen LogP contribution is 2.21. The van der Waals surface area contributed by atoms with Crippen molar-refractivity contribution in [1.29, 1.82) is 0 Å². The second-order valence-electron chi connectivity index (χ2n) is 6.79. The number of hydrogen-bond donors (Lipinski definition) is 1. The standard InChI is InChI=1S/C20H25ClN4O/c1-15-3-4-18(21)13-19(15)23-20(26)16(2)25-11-9-24(10-12-25)14-17-5-7-22-8-6-17/h3-8,13,16H,9-12,14H2,1-2H3,(H,23,26)/t16-/m0/s1. The Balaban J connectivity index is 1.52. The number of aromatic nitrogens is 1. The minimum Gasteiger partial charge on any atom is -0.324 e. The fourth-order valence-electron chi connectivity index (χ4n) is 3.19. The smallest absolute Gasteiger partial charge is 0.241 e. The van der Waals surface area contributed by atoms with Gasteiger partial charge >= 0.3 is 0 Å². The second kappa shape index (κ2) is 8.62. The number of carbonyl (C=O) groups is 1. The van der Waals surface area contributed by atoms with Crippen LogP contribution in [0, 0.1) is 6.92 Å². The molecular weight excluding hydrogens is 348 g/mol. The summed E-state index contributed by atoms with van der Waals surface area (Å²) in [7, 11) is 0. The van der Waals surface area contributed by atoms with Gasteiger partial charge in [-0.05, 0) is 49.2 Å². The van der Waals surface area contributed by atoms with Gasteiger partial charge in [0.25, 0.3) is 0 Å². The number of halogens is 1. The Bertz CT molecular complexity index is 745. The predicted molar refractivity (Wildman–Crippen MR) is 105 cm³/mol. The van der Waals surface area contributed by atoms with Crippen LogP contribution in [0.15, 0.2) is 42.7 Å². The van der Waals surface area contributed by atoms with E-state index in [0.717, 1.165) is 44.0 Å². The highest BCUT2D eigenvalue weighted by Gasteiger charge is 2.25. The molecule has 1 amide bonds. The van der Waals surface area contributed by atoms with E-state index >= 15 is 0 Å². The average Bonchev–Trinajstić information content (AvgIpc) is 2.65. The molecule has 3 rings (SSSR count). The molecule has 1 N–H and O–H groups in total. The van der Waals surface area contributed by atoms with Crippen molar-refractivity contribution in [1.82, 2.24) is 14.8 Å². The van der Waals surface area contributed by atoms with Crippen LogP contribution < -0.4 is 5.32 Å². The highest BCUT2D eigenvalue weighted by atomic mass is 35.5. The monoisotopic (exact) mass is 372 g/mol. The van der Waals surface area contributed by atoms with Crippen molar-refractivity contribution in [3.63, 3.8) is 0 Å². The molecule has 0 saturated carbocycles. The Morgan fingerprint density at radius 1 is 1.19 bits per heavy atom. The van der Waals surface area contributed by atoms with E-state index in [0.29, 0.717) is 5.02 Å². The molecule has 138 valence electrons. The molecule has 1 aliphatic heterocycles. The predicted octanol–water partition coefficient (Wildman–Crippen LogP) is 3.19. The average molecular weight is 373 g/mol. The summed E-state index contributed by atoms with van der Waals surface area (Å²) in [6, 6.07) is 9.48. The van der Waals surface area contributed by atoms with E-state index in [9.17, 15) is 4.79 Å². The number of hydrogen-bond acceptors (Lipinski definition) is 4. The number of amides is 1. The van der Waals surface area contributed by atoms with Gasteiger partial charge in [-0.1, -0.05) is 17.7 Å². The lowest BCUT2D eigenvalue weighted by Gasteiger charge is -2.37. The van der Waals surface area contributed by atoms with Gasteiger partial charge in [0.05, 0.1) is 6.04 Å². The van der Waals surface area contributed by atoms with Gasteiger partial charge in [-0.25, -0.2) is 0 Å². The summed E-state index contributed by atoms with van der Waals surface area (Å²) < 4.78 is 0. The van der Waals surface area contributed by atoms with Crippen molar-refractivity contribution in [2.75, 3.05) is 31.5 Å². The van der Waals surface area contributed by atoms with Gasteiger partial charge in [-0.2, -0.15) is 0 Å². The van der Waals surface area contributed by atoms with Crippen molar-refractivity contribution in [3.05, 3.63) is 58.9 Å². The lowest BCUT2D eigenvalue weighted by atomic mass is 10.1. The maximum atomic E-state index is 12.6. The van der Waals surface area contributed by atoms with E-state index in [1.54, 1.807) is 6.07 Å². The van der Waals surface area contributed by atoms with E-state index in [2.05, 4.69) is 32.2 Å². The number of nitrogens with one attached hydrogen (secondary N) is 1. The maximum absolute atomic E-state index is 12.6. The van der Waals surface area contributed by atoms with E-state index in [-0.39, 0.29) is 11.9 Å². The lowest BCUT2D eigenvalue weighted by molar-refractivity contribution is -0.121. The first-order valence-corrected chi connectivity index (χ1v) is 9.33. The molecule has 1 aliphatic rings. The molecule has 1 atom stereocenters. The van der Waals surface area contributed by atoms with Crippen molar-refractivity contribution in [3.8, 4) is 0 Å². The topological polar surface area (TPSA) is 48.5 Å². The van der Waals surface area contributed by atoms with Crippen molar-refractivity contribution < 1.29 is 4.79 Å². The quantitative estimate of drug-likeness (QED) is 0.875. The third-order valence-electron chi connectivity index (χ3n) is 4.95. The van der Waals surface area contributed by atoms with Gasteiger partial charge in [0.2, 0.25) is 5.91 Å². The Morgan fingerprint density at radius 3 is 2.58 bits per heavy atom. The molecule has 0 aliphatic carbocycles. The number of pyridine rings is 1. The number of nitrogens with zero attached hydrogens (tertiary/aromatic N) is 3. The van der Waals surface area contributed by atoms with Crippen molar-refractivity contribution in [2.45, 2.75) is 26.4 Å². The molecule has 1 saturated heterocycles. The van der Waals surface area contributed by atoms with Crippen LogP contribution in [0.4, 0.5) is 5.69 Å². The third kappa shape index (κ3) is 4.81. The van der Waals surface area contributed by atoms with Gasteiger partial charge in [-0.3, -0.25) is 19.6 Å². The van der Waals surface area contributed by atoms with Crippen LogP contribution in [0.2, 0.25) is 5.02 Å². The fraction of sp³-hybridized carbons (Fsp3) is 0.400. The van der Waals surface area contributed by atoms with Crippen molar-refractivity contribution in [2.24, 2.45) is 0 Å². The van der Waals surface area contributed by atoms with E-state index in [4.69, 9.17) is 11.6 Å². The molecule has 0 unspecified atom stereocenters. The molecule has 6 heteroatoms. The third-order valence-corrected chi connectivity index (χ3v) is 5.18. The molecular formula is C20H25ClN4O. The second-order valence-corrected chi connectivity index (χ2v) is 7.23. The first-order valence-electron chi connectivity index (χ1n) is 8.95. The summed E-state index contributed by atoms with van der Waals surface area (Å²) in [5.74, 6) is 0.0120. The molecule has 2 heterocycles. The van der Waals surface area contributed by atoms with Gasteiger partial charge in [0.15, 0.2) is 0 Å². The van der Waals surface area contributed by atoms with Gasteiger partial charge < -0.3 is 5.32 Å². The number of aryl methyl sites for hydroxylation is 1. The molecule has 5 nitrogen and oxygen atoms in total. The van der Waals surface area contributed by atoms with Crippen LogP contribution in [0.5, 0.6) is 0 Å². The summed E-state index contributed by atoms with van der Waals surface area (Å²) in [6.45, 7) is 8.54. The molecule has 0 spiro atoms. The van der Waals surface area contributed by atoms with Crippen LogP contribution in [0.3, 0.4) is 0 Å². The number of piperazine rings is 1. The van der Waals surface area contributed by atoms with E-state index in [1.807, 2.05) is 38.4 Å². The number of anilines is 1. The van der Waals surface area contributed by atoms with Gasteiger partial charge in [0, 0.05) is 55.8 Å². The molecule has 26 heavy (non-hydrogen) atoms. The summed E-state index contributed by atoms with van der Waals surface area (Å²) in [6.07, 6.45) is 3.66. The molecule has 1 fully saturated rings. The number of benzene rings is 1. The minimum atomic E-state index is -0.170. The first-order chi connectivity index (χ1) is 12.5. The highest BCUT2D eigenvalue weighted by molar-refractivity contribution is 6.31. The van der Waals surface area contributed by atoms with E-state index in [1.165, 1.54) is 5.56 Å². The molecule has 2 aromatic rings. The number of carbonyl (C=O) groups excluding carboxylic acids is 1. The molecule has 0 bridgehead atoms. The zero-order valence-electron chi connectivity index (χ0n) is 15.3. The zero-order valence-corrected chi connectivity index (χ0v) is 16.0. The van der Waals surface area contributed by atoms with Gasteiger partial charge in [0.1, 0.15) is 0 Å². The largest absolute Gasteiger partial charge is 0.324 e. The SMILES string of the molecule is Cc1ccc(Cl)cc1NC(=O)[C@H](C)N1CCN(Cc2ccncc2)CC1. The summed E-state index contributed by atoms with van der Waals surface area (Å²) in [5, 5.41) is 3.64. The lowest BCUT2D eigenvalue weighted by Crippen LogP contribution is -2.52. The Morgan fingerprint density at radius 2 is 1.88 bits per heavy atom. The molecule has 1 aromatic carbocycles. The van der Waals surface area contributed by atoms with Crippen LogP contribution >= 0.6 is 11.6 Å². The fourth-order valence-corrected chi connectivity index (χ4v) is 3.36. The van der Waals surface area contributed by atoms with E-state index < -0.39 is 0 Å².